The van der Waals surface area contributed by atoms with Crippen molar-refractivity contribution in [3.63, 3.8) is 0 Å². The van der Waals surface area contributed by atoms with Gasteiger partial charge < -0.3 is 11.1 Å². The molecule has 1 fully saturated rings. The first-order valence-electron chi connectivity index (χ1n) is 8.01. The van der Waals surface area contributed by atoms with Crippen molar-refractivity contribution in [2.45, 2.75) is 38.4 Å². The zero-order chi connectivity index (χ0) is 15.8. The first-order chi connectivity index (χ1) is 10.7. The van der Waals surface area contributed by atoms with E-state index in [2.05, 4.69) is 34.5 Å². The molecule has 0 saturated carbocycles. The molecule has 0 spiro atoms. The molecule has 1 aromatic rings. The van der Waals surface area contributed by atoms with Crippen molar-refractivity contribution in [3.8, 4) is 0 Å². The normalized spacial score (nSPS) is 15.9. The van der Waals surface area contributed by atoms with Gasteiger partial charge in [-0.15, -0.1) is 12.4 Å². The Morgan fingerprint density at radius 3 is 2.48 bits per heavy atom. The lowest BCUT2D eigenvalue weighted by molar-refractivity contribution is -0.122. The molecule has 1 heterocycles. The highest BCUT2D eigenvalue weighted by Crippen LogP contribution is 2.13. The summed E-state index contributed by atoms with van der Waals surface area (Å²) in [5.74, 6) is 0.856. The van der Waals surface area contributed by atoms with Crippen molar-refractivity contribution in [1.82, 2.24) is 10.2 Å². The van der Waals surface area contributed by atoms with E-state index in [0.717, 1.165) is 24.3 Å². The summed E-state index contributed by atoms with van der Waals surface area (Å²) in [4.78, 5) is 14.4. The van der Waals surface area contributed by atoms with E-state index < -0.39 is 6.04 Å². The Hall–Kier alpha value is -0.750. The second-order valence-electron chi connectivity index (χ2n) is 5.91. The third kappa shape index (κ3) is 7.12. The Bertz CT molecular complexity index is 463. The second kappa shape index (κ2) is 10.9. The van der Waals surface area contributed by atoms with Gasteiger partial charge in [-0.25, -0.2) is 0 Å². The van der Waals surface area contributed by atoms with Gasteiger partial charge in [0.25, 0.3) is 0 Å². The van der Waals surface area contributed by atoms with Gasteiger partial charge in [-0.1, -0.05) is 24.3 Å². The molecule has 0 bridgehead atoms. The molecule has 0 aromatic heterocycles. The largest absolute Gasteiger partial charge is 0.351 e. The quantitative estimate of drug-likeness (QED) is 0.750. The molecule has 1 amide bonds. The minimum atomic E-state index is -0.401. The Morgan fingerprint density at radius 1 is 1.26 bits per heavy atom. The number of nitrogens with one attached hydrogen (secondary N) is 1. The molecule has 1 aliphatic heterocycles. The van der Waals surface area contributed by atoms with E-state index in [0.29, 0.717) is 6.54 Å². The highest BCUT2D eigenvalue weighted by Gasteiger charge is 2.13. The zero-order valence-electron chi connectivity index (χ0n) is 13.8. The highest BCUT2D eigenvalue weighted by molar-refractivity contribution is 7.98. The van der Waals surface area contributed by atoms with Gasteiger partial charge >= 0.3 is 0 Å². The predicted octanol–water partition coefficient (Wildman–Crippen LogP) is 2.40. The monoisotopic (exact) mass is 357 g/mol. The fourth-order valence-electron chi connectivity index (χ4n) is 2.66. The molecule has 0 radical (unpaired) electrons. The van der Waals surface area contributed by atoms with Crippen LogP contribution in [0.5, 0.6) is 0 Å². The third-order valence-electron chi connectivity index (χ3n) is 4.06. The molecule has 4 nitrogen and oxygen atoms in total. The van der Waals surface area contributed by atoms with Gasteiger partial charge in [0.1, 0.15) is 0 Å². The van der Waals surface area contributed by atoms with Crippen molar-refractivity contribution in [2.24, 2.45) is 5.73 Å². The van der Waals surface area contributed by atoms with Gasteiger partial charge in [0.05, 0.1) is 6.04 Å². The average molecular weight is 358 g/mol. The molecule has 6 heteroatoms. The standard InChI is InChI=1S/C17H27N3OS.ClH/c1-22-11-8-16(18)17(21)19-12-14-4-6-15(7-5-14)13-20-9-2-3-10-20;/h4-7,16H,2-3,8-13,18H2,1H3,(H,19,21);1H/t16-;/m0./s1. The van der Waals surface area contributed by atoms with Crippen molar-refractivity contribution in [1.29, 1.82) is 0 Å². The minimum Gasteiger partial charge on any atom is -0.351 e. The van der Waals surface area contributed by atoms with E-state index in [1.165, 1.54) is 31.5 Å². The summed E-state index contributed by atoms with van der Waals surface area (Å²) in [7, 11) is 0. The van der Waals surface area contributed by atoms with Gasteiger partial charge in [0.2, 0.25) is 5.91 Å². The SMILES string of the molecule is CSCC[C@H](N)C(=O)NCc1ccc(CN2CCCC2)cc1.Cl. The first kappa shape index (κ1) is 20.3. The third-order valence-corrected chi connectivity index (χ3v) is 4.71. The van der Waals surface area contributed by atoms with E-state index in [1.807, 2.05) is 6.26 Å². The fourth-order valence-corrected chi connectivity index (χ4v) is 3.15. The number of hydrogen-bond acceptors (Lipinski definition) is 4. The van der Waals surface area contributed by atoms with E-state index in [1.54, 1.807) is 11.8 Å². The van der Waals surface area contributed by atoms with Gasteiger partial charge in [0.15, 0.2) is 0 Å². The number of likely N-dealkylation sites (tertiary alicyclic amines) is 1. The molecule has 1 aromatic carbocycles. The lowest BCUT2D eigenvalue weighted by Crippen LogP contribution is -2.40. The summed E-state index contributed by atoms with van der Waals surface area (Å²) in [6, 6.07) is 8.11. The summed E-state index contributed by atoms with van der Waals surface area (Å²) in [5, 5.41) is 2.92. The maximum absolute atomic E-state index is 11.9. The molecule has 1 atom stereocenters. The number of rotatable bonds is 8. The molecule has 2 rings (SSSR count). The van der Waals surface area contributed by atoms with Crippen LogP contribution < -0.4 is 11.1 Å². The van der Waals surface area contributed by atoms with E-state index in [4.69, 9.17) is 5.73 Å². The van der Waals surface area contributed by atoms with Crippen LogP contribution >= 0.6 is 24.2 Å². The molecule has 0 aliphatic carbocycles. The van der Waals surface area contributed by atoms with Crippen LogP contribution in [-0.4, -0.2) is 41.9 Å². The van der Waals surface area contributed by atoms with E-state index >= 15 is 0 Å². The number of amides is 1. The van der Waals surface area contributed by atoms with Crippen LogP contribution in [-0.2, 0) is 17.9 Å². The molecule has 1 saturated heterocycles. The topological polar surface area (TPSA) is 58.4 Å². The van der Waals surface area contributed by atoms with Gasteiger partial charge in [-0.3, -0.25) is 9.69 Å². The summed E-state index contributed by atoms with van der Waals surface area (Å²) >= 11 is 1.71. The summed E-state index contributed by atoms with van der Waals surface area (Å²) in [6.45, 7) is 4.01. The fraction of sp³-hybridized carbons (Fsp3) is 0.588. The molecule has 1 aliphatic rings. The summed E-state index contributed by atoms with van der Waals surface area (Å²) in [6.07, 6.45) is 5.39. The molecule has 0 unspecified atom stereocenters. The van der Waals surface area contributed by atoms with Crippen LogP contribution in [0.3, 0.4) is 0 Å². The van der Waals surface area contributed by atoms with E-state index in [9.17, 15) is 4.79 Å². The average Bonchev–Trinajstić information content (AvgIpc) is 3.04. The number of thioether (sulfide) groups is 1. The van der Waals surface area contributed by atoms with Crippen molar-refractivity contribution in [2.75, 3.05) is 25.1 Å². The predicted molar refractivity (Wildman–Crippen MR) is 101 cm³/mol. The Kier molecular flexibility index (Phi) is 9.63. The number of benzene rings is 1. The van der Waals surface area contributed by atoms with Crippen LogP contribution in [0.4, 0.5) is 0 Å². The molecule has 3 N–H and O–H groups in total. The number of hydrogen-bond donors (Lipinski definition) is 2. The maximum atomic E-state index is 11.9. The Labute approximate surface area is 150 Å². The molecule has 23 heavy (non-hydrogen) atoms. The van der Waals surface area contributed by atoms with Crippen molar-refractivity contribution >= 4 is 30.1 Å². The van der Waals surface area contributed by atoms with Crippen molar-refractivity contribution in [3.05, 3.63) is 35.4 Å². The first-order valence-corrected chi connectivity index (χ1v) is 9.41. The van der Waals surface area contributed by atoms with Gasteiger partial charge in [-0.2, -0.15) is 11.8 Å². The number of nitrogens with zero attached hydrogens (tertiary/aromatic N) is 1. The van der Waals surface area contributed by atoms with E-state index in [-0.39, 0.29) is 18.3 Å². The summed E-state index contributed by atoms with van der Waals surface area (Å²) in [5.41, 5.74) is 8.31. The number of halogens is 1. The van der Waals surface area contributed by atoms with Gasteiger partial charge in [-0.05, 0) is 55.5 Å². The van der Waals surface area contributed by atoms with Gasteiger partial charge in [0, 0.05) is 13.1 Å². The lowest BCUT2D eigenvalue weighted by Gasteiger charge is -2.15. The van der Waals surface area contributed by atoms with Crippen LogP contribution in [0.25, 0.3) is 0 Å². The molecular formula is C17H28ClN3OS. The van der Waals surface area contributed by atoms with Crippen LogP contribution in [0.2, 0.25) is 0 Å². The number of carbonyl (C=O) groups is 1. The number of nitrogens with two attached hydrogens (primary N) is 1. The Morgan fingerprint density at radius 2 is 1.87 bits per heavy atom. The lowest BCUT2D eigenvalue weighted by atomic mass is 10.1. The van der Waals surface area contributed by atoms with Crippen LogP contribution in [0, 0.1) is 0 Å². The smallest absolute Gasteiger partial charge is 0.237 e. The maximum Gasteiger partial charge on any atom is 0.237 e. The van der Waals surface area contributed by atoms with Crippen LogP contribution in [0.15, 0.2) is 24.3 Å². The molecule has 130 valence electrons. The zero-order valence-corrected chi connectivity index (χ0v) is 15.4. The second-order valence-corrected chi connectivity index (χ2v) is 6.89. The molecular weight excluding hydrogens is 330 g/mol. The van der Waals surface area contributed by atoms with Crippen LogP contribution in [0.1, 0.15) is 30.4 Å². The number of carbonyl (C=O) groups excluding carboxylic acids is 1. The highest BCUT2D eigenvalue weighted by atomic mass is 35.5. The Balaban J connectivity index is 0.00000264. The minimum absolute atomic E-state index is 0. The van der Waals surface area contributed by atoms with Crippen molar-refractivity contribution < 1.29 is 4.79 Å². The summed E-state index contributed by atoms with van der Waals surface area (Å²) < 4.78 is 0.